The zero-order chi connectivity index (χ0) is 13.8. The number of nitrogens with zero attached hydrogens (tertiary/aromatic N) is 4. The largest absolute Gasteiger partial charge is 0.312 e. The van der Waals surface area contributed by atoms with Crippen molar-refractivity contribution in [3.63, 3.8) is 0 Å². The molecule has 2 aromatic heterocycles. The van der Waals surface area contributed by atoms with Crippen molar-refractivity contribution < 1.29 is 0 Å². The van der Waals surface area contributed by atoms with Crippen LogP contribution in [0.15, 0.2) is 17.3 Å². The van der Waals surface area contributed by atoms with Gasteiger partial charge in [-0.05, 0) is 41.8 Å². The van der Waals surface area contributed by atoms with E-state index in [1.807, 2.05) is 16.0 Å². The van der Waals surface area contributed by atoms with Gasteiger partial charge in [0.1, 0.15) is 0 Å². The summed E-state index contributed by atoms with van der Waals surface area (Å²) in [6.07, 6.45) is 3.74. The Hall–Kier alpha value is -0.920. The van der Waals surface area contributed by atoms with E-state index in [9.17, 15) is 0 Å². The molecule has 20 heavy (non-hydrogen) atoms. The van der Waals surface area contributed by atoms with Crippen LogP contribution in [0, 0.1) is 0 Å². The maximum atomic E-state index is 4.11. The molecule has 1 fully saturated rings. The van der Waals surface area contributed by atoms with Gasteiger partial charge in [0.2, 0.25) is 5.16 Å². The van der Waals surface area contributed by atoms with Crippen molar-refractivity contribution in [2.24, 2.45) is 0 Å². The van der Waals surface area contributed by atoms with Crippen LogP contribution in [0.5, 0.6) is 0 Å². The number of thiophene rings is 1. The third-order valence-electron chi connectivity index (χ3n) is 3.24. The summed E-state index contributed by atoms with van der Waals surface area (Å²) in [5.41, 5.74) is 0. The molecular formula is C13H19N5S2. The van der Waals surface area contributed by atoms with E-state index in [1.54, 1.807) is 11.8 Å². The molecule has 0 radical (unpaired) electrons. The molecule has 0 aliphatic heterocycles. The SMILES string of the molecule is CCc1ccc(CSc2nnnn2CCNC2CC2)s1. The van der Waals surface area contributed by atoms with Crippen LogP contribution in [0.1, 0.15) is 29.5 Å². The van der Waals surface area contributed by atoms with E-state index in [1.165, 1.54) is 22.6 Å². The molecule has 5 nitrogen and oxygen atoms in total. The topological polar surface area (TPSA) is 55.6 Å². The number of aryl methyl sites for hydroxylation is 1. The molecule has 0 bridgehead atoms. The van der Waals surface area contributed by atoms with E-state index in [-0.39, 0.29) is 0 Å². The summed E-state index contributed by atoms with van der Waals surface area (Å²) in [4.78, 5) is 2.83. The summed E-state index contributed by atoms with van der Waals surface area (Å²) in [5.74, 6) is 0.946. The molecule has 7 heteroatoms. The summed E-state index contributed by atoms with van der Waals surface area (Å²) in [7, 11) is 0. The summed E-state index contributed by atoms with van der Waals surface area (Å²) < 4.78 is 1.90. The van der Waals surface area contributed by atoms with E-state index < -0.39 is 0 Å². The van der Waals surface area contributed by atoms with Crippen LogP contribution in [-0.4, -0.2) is 32.8 Å². The first-order valence-electron chi connectivity index (χ1n) is 7.05. The zero-order valence-corrected chi connectivity index (χ0v) is 13.2. The van der Waals surface area contributed by atoms with E-state index in [0.717, 1.165) is 36.5 Å². The van der Waals surface area contributed by atoms with Gasteiger partial charge in [0.25, 0.3) is 0 Å². The Morgan fingerprint density at radius 3 is 3.00 bits per heavy atom. The first kappa shape index (κ1) is 14.0. The van der Waals surface area contributed by atoms with Gasteiger partial charge in [0.05, 0.1) is 6.54 Å². The molecule has 1 aliphatic carbocycles. The number of hydrogen-bond acceptors (Lipinski definition) is 6. The second-order valence-electron chi connectivity index (χ2n) is 4.92. The van der Waals surface area contributed by atoms with E-state index in [4.69, 9.17) is 0 Å². The van der Waals surface area contributed by atoms with Crippen LogP contribution in [0.2, 0.25) is 0 Å². The van der Waals surface area contributed by atoms with Crippen LogP contribution in [0.4, 0.5) is 0 Å². The standard InChI is InChI=1S/C13H19N5S2/c1-2-11-5-6-12(20-11)9-19-13-15-16-17-18(13)8-7-14-10-3-4-10/h5-6,10,14H,2-4,7-9H2,1H3. The number of thioether (sulfide) groups is 1. The Labute approximate surface area is 127 Å². The normalized spacial score (nSPS) is 14.8. The van der Waals surface area contributed by atoms with Crippen molar-refractivity contribution in [1.82, 2.24) is 25.5 Å². The molecule has 3 rings (SSSR count). The minimum absolute atomic E-state index is 0.737. The Morgan fingerprint density at radius 2 is 2.25 bits per heavy atom. The van der Waals surface area contributed by atoms with Gasteiger partial charge >= 0.3 is 0 Å². The quantitative estimate of drug-likeness (QED) is 0.759. The lowest BCUT2D eigenvalue weighted by molar-refractivity contribution is 0.509. The maximum Gasteiger partial charge on any atom is 0.209 e. The highest BCUT2D eigenvalue weighted by Gasteiger charge is 2.20. The molecule has 1 saturated carbocycles. The minimum atomic E-state index is 0.737. The number of nitrogens with one attached hydrogen (secondary N) is 1. The lowest BCUT2D eigenvalue weighted by Gasteiger charge is -2.04. The molecule has 0 saturated heterocycles. The molecule has 2 aromatic rings. The minimum Gasteiger partial charge on any atom is -0.312 e. The monoisotopic (exact) mass is 309 g/mol. The fourth-order valence-electron chi connectivity index (χ4n) is 1.93. The summed E-state index contributed by atoms with van der Waals surface area (Å²) >= 11 is 3.59. The molecule has 0 spiro atoms. The number of aromatic nitrogens is 4. The number of tetrazole rings is 1. The van der Waals surface area contributed by atoms with E-state index in [0.29, 0.717) is 0 Å². The van der Waals surface area contributed by atoms with Crippen LogP contribution >= 0.6 is 23.1 Å². The van der Waals surface area contributed by atoms with Gasteiger partial charge in [-0.3, -0.25) is 0 Å². The highest BCUT2D eigenvalue weighted by molar-refractivity contribution is 7.98. The van der Waals surface area contributed by atoms with Crippen LogP contribution in [0.25, 0.3) is 0 Å². The first-order valence-corrected chi connectivity index (χ1v) is 8.85. The Balaban J connectivity index is 1.50. The second kappa shape index (κ2) is 6.69. The lowest BCUT2D eigenvalue weighted by Crippen LogP contribution is -2.22. The summed E-state index contributed by atoms with van der Waals surface area (Å²) in [5, 5.41) is 16.4. The van der Waals surface area contributed by atoms with Gasteiger partial charge in [0.15, 0.2) is 0 Å². The van der Waals surface area contributed by atoms with E-state index in [2.05, 4.69) is 39.9 Å². The third kappa shape index (κ3) is 3.80. The van der Waals surface area contributed by atoms with Gasteiger partial charge < -0.3 is 5.32 Å². The predicted octanol–water partition coefficient (Wildman–Crippen LogP) is 2.34. The fraction of sp³-hybridized carbons (Fsp3) is 0.615. The van der Waals surface area contributed by atoms with E-state index >= 15 is 0 Å². The summed E-state index contributed by atoms with van der Waals surface area (Å²) in [6, 6.07) is 5.16. The molecule has 1 N–H and O–H groups in total. The van der Waals surface area contributed by atoms with Crippen LogP contribution < -0.4 is 5.32 Å². The molecule has 108 valence electrons. The van der Waals surface area contributed by atoms with Crippen LogP contribution in [0.3, 0.4) is 0 Å². The zero-order valence-electron chi connectivity index (χ0n) is 11.6. The van der Waals surface area contributed by atoms with Crippen molar-refractivity contribution in [1.29, 1.82) is 0 Å². The molecule has 1 aliphatic rings. The van der Waals surface area contributed by atoms with Gasteiger partial charge in [0, 0.05) is 28.1 Å². The Kier molecular flexibility index (Phi) is 4.69. The average molecular weight is 309 g/mol. The predicted molar refractivity (Wildman–Crippen MR) is 82.1 cm³/mol. The fourth-order valence-corrected chi connectivity index (χ4v) is 3.83. The Bertz CT molecular complexity index is 546. The maximum absolute atomic E-state index is 4.11. The average Bonchev–Trinajstić information content (AvgIpc) is 3.00. The van der Waals surface area contributed by atoms with Crippen molar-refractivity contribution in [3.8, 4) is 0 Å². The first-order chi connectivity index (χ1) is 9.85. The van der Waals surface area contributed by atoms with Gasteiger partial charge in [-0.1, -0.05) is 18.7 Å². The lowest BCUT2D eigenvalue weighted by atomic mass is 10.4. The number of hydrogen-bond donors (Lipinski definition) is 1. The molecule has 0 unspecified atom stereocenters. The molecule has 0 aromatic carbocycles. The second-order valence-corrected chi connectivity index (χ2v) is 7.12. The third-order valence-corrected chi connectivity index (χ3v) is 5.66. The van der Waals surface area contributed by atoms with Gasteiger partial charge in [-0.25, -0.2) is 4.68 Å². The highest BCUT2D eigenvalue weighted by atomic mass is 32.2. The van der Waals surface area contributed by atoms with Crippen molar-refractivity contribution >= 4 is 23.1 Å². The van der Waals surface area contributed by atoms with Gasteiger partial charge in [-0.2, -0.15) is 0 Å². The van der Waals surface area contributed by atoms with Crippen LogP contribution in [-0.2, 0) is 18.7 Å². The molecular weight excluding hydrogens is 290 g/mol. The molecule has 0 amide bonds. The smallest absolute Gasteiger partial charge is 0.209 e. The summed E-state index contributed by atoms with van der Waals surface area (Å²) in [6.45, 7) is 3.98. The Morgan fingerprint density at radius 1 is 1.40 bits per heavy atom. The van der Waals surface area contributed by atoms with Crippen molar-refractivity contribution in [3.05, 3.63) is 21.9 Å². The van der Waals surface area contributed by atoms with Gasteiger partial charge in [-0.15, -0.1) is 16.4 Å². The van der Waals surface area contributed by atoms with Crippen molar-refractivity contribution in [2.45, 2.75) is 49.7 Å². The highest BCUT2D eigenvalue weighted by Crippen LogP contribution is 2.25. The number of rotatable bonds is 8. The van der Waals surface area contributed by atoms with Crippen molar-refractivity contribution in [2.75, 3.05) is 6.54 Å². The molecule has 2 heterocycles. The molecule has 0 atom stereocenters.